The molecule has 3 aromatic rings. The molecule has 0 aliphatic carbocycles. The second-order valence-corrected chi connectivity index (χ2v) is 7.85. The molecule has 0 fully saturated rings. The second kappa shape index (κ2) is 6.77. The Bertz CT molecular complexity index is 1000. The predicted octanol–water partition coefficient (Wildman–Crippen LogP) is 4.20. The Balaban J connectivity index is 1.77. The number of sulfonamides is 1. The fourth-order valence-electron chi connectivity index (χ4n) is 2.09. The number of benzene rings is 2. The quantitative estimate of drug-likeness (QED) is 0.695. The van der Waals surface area contributed by atoms with Crippen molar-refractivity contribution in [2.75, 3.05) is 16.3 Å². The molecule has 3 rings (SSSR count). The van der Waals surface area contributed by atoms with Gasteiger partial charge in [-0.15, -0.1) is 11.3 Å². The maximum absolute atomic E-state index is 13.7. The van der Waals surface area contributed by atoms with Gasteiger partial charge in [-0.2, -0.15) is 0 Å². The number of nitrogens with zero attached hydrogens (tertiary/aromatic N) is 1. The van der Waals surface area contributed by atoms with Crippen LogP contribution in [0.5, 0.6) is 0 Å². The van der Waals surface area contributed by atoms with Crippen molar-refractivity contribution in [1.29, 1.82) is 0 Å². The van der Waals surface area contributed by atoms with Gasteiger partial charge in [0.05, 0.1) is 17.6 Å². The van der Waals surface area contributed by atoms with E-state index in [1.807, 2.05) is 0 Å². The smallest absolute Gasteiger partial charge is 0.229 e. The van der Waals surface area contributed by atoms with Crippen LogP contribution in [-0.4, -0.2) is 19.7 Å². The van der Waals surface area contributed by atoms with Crippen LogP contribution in [-0.2, 0) is 10.0 Å². The average molecular weight is 381 g/mol. The van der Waals surface area contributed by atoms with Crippen LogP contribution in [0.15, 0.2) is 47.8 Å². The Kier molecular flexibility index (Phi) is 4.69. The molecule has 0 saturated heterocycles. The van der Waals surface area contributed by atoms with Crippen molar-refractivity contribution in [3.05, 3.63) is 59.5 Å². The Hall–Kier alpha value is -2.52. The minimum Gasteiger partial charge on any atom is -0.329 e. The summed E-state index contributed by atoms with van der Waals surface area (Å²) < 4.78 is 51.4. The van der Waals surface area contributed by atoms with Crippen LogP contribution < -0.4 is 10.0 Å². The van der Waals surface area contributed by atoms with E-state index >= 15 is 0 Å². The van der Waals surface area contributed by atoms with Crippen LogP contribution in [0.25, 0.3) is 11.3 Å². The normalized spacial score (nSPS) is 11.3. The van der Waals surface area contributed by atoms with Crippen molar-refractivity contribution in [1.82, 2.24) is 4.98 Å². The zero-order chi connectivity index (χ0) is 18.0. The summed E-state index contributed by atoms with van der Waals surface area (Å²) in [5.41, 5.74) is 2.02. The number of nitrogens with one attached hydrogen (secondary N) is 2. The summed E-state index contributed by atoms with van der Waals surface area (Å²) in [6, 6.07) is 9.97. The van der Waals surface area contributed by atoms with Crippen LogP contribution in [0, 0.1) is 11.6 Å². The molecular formula is C16H13F2N3O2S2. The molecule has 0 aliphatic rings. The predicted molar refractivity (Wildman–Crippen MR) is 95.7 cm³/mol. The number of hydrogen-bond donors (Lipinski definition) is 2. The van der Waals surface area contributed by atoms with E-state index in [0.717, 1.165) is 24.0 Å². The molecule has 1 heterocycles. The number of thiazole rings is 1. The lowest BCUT2D eigenvalue weighted by Gasteiger charge is -2.05. The van der Waals surface area contributed by atoms with E-state index in [-0.39, 0.29) is 5.69 Å². The zero-order valence-corrected chi connectivity index (χ0v) is 14.6. The summed E-state index contributed by atoms with van der Waals surface area (Å²) in [6.07, 6.45) is 1.08. The largest absolute Gasteiger partial charge is 0.329 e. The van der Waals surface area contributed by atoms with Gasteiger partial charge in [-0.25, -0.2) is 22.2 Å². The minimum absolute atomic E-state index is 0.134. The van der Waals surface area contributed by atoms with Gasteiger partial charge in [-0.05, 0) is 24.3 Å². The first-order chi connectivity index (χ1) is 11.8. The number of rotatable bonds is 5. The summed E-state index contributed by atoms with van der Waals surface area (Å²) in [7, 11) is -3.33. The summed E-state index contributed by atoms with van der Waals surface area (Å²) in [5, 5.41) is 5.04. The molecule has 2 N–H and O–H groups in total. The molecule has 130 valence electrons. The van der Waals surface area contributed by atoms with Gasteiger partial charge in [0, 0.05) is 22.7 Å². The van der Waals surface area contributed by atoms with E-state index in [2.05, 4.69) is 15.0 Å². The SMILES string of the molecule is CS(=O)(=O)Nc1ccc(-c2csc(Nc3ccc(F)cc3F)n2)cc1. The van der Waals surface area contributed by atoms with Crippen LogP contribution in [0.2, 0.25) is 0 Å². The Labute approximate surface area is 147 Å². The number of halogens is 2. The molecule has 0 aliphatic heterocycles. The molecule has 5 nitrogen and oxygen atoms in total. The molecule has 0 amide bonds. The van der Waals surface area contributed by atoms with Crippen LogP contribution in [0.4, 0.5) is 25.3 Å². The van der Waals surface area contributed by atoms with Gasteiger partial charge in [-0.1, -0.05) is 12.1 Å². The second-order valence-electron chi connectivity index (χ2n) is 5.24. The highest BCUT2D eigenvalue weighted by Gasteiger charge is 2.09. The molecule has 9 heteroatoms. The summed E-state index contributed by atoms with van der Waals surface area (Å²) >= 11 is 1.27. The molecule has 0 spiro atoms. The van der Waals surface area contributed by atoms with E-state index in [1.54, 1.807) is 29.6 Å². The highest BCUT2D eigenvalue weighted by molar-refractivity contribution is 7.92. The number of anilines is 3. The van der Waals surface area contributed by atoms with Gasteiger partial charge in [0.1, 0.15) is 11.6 Å². The molecule has 0 saturated carbocycles. The van der Waals surface area contributed by atoms with Crippen molar-refractivity contribution in [3.8, 4) is 11.3 Å². The molecule has 0 bridgehead atoms. The third-order valence-corrected chi connectivity index (χ3v) is 4.53. The first-order valence-electron chi connectivity index (χ1n) is 7.06. The first-order valence-corrected chi connectivity index (χ1v) is 9.83. The van der Waals surface area contributed by atoms with E-state index < -0.39 is 21.7 Å². The lowest BCUT2D eigenvalue weighted by molar-refractivity contribution is 0.586. The number of aromatic nitrogens is 1. The maximum atomic E-state index is 13.7. The fraction of sp³-hybridized carbons (Fsp3) is 0.0625. The van der Waals surface area contributed by atoms with Crippen LogP contribution >= 0.6 is 11.3 Å². The minimum atomic E-state index is -3.33. The maximum Gasteiger partial charge on any atom is 0.229 e. The van der Waals surface area contributed by atoms with Gasteiger partial charge in [0.15, 0.2) is 5.13 Å². The number of hydrogen-bond acceptors (Lipinski definition) is 5. The van der Waals surface area contributed by atoms with Crippen molar-refractivity contribution in [2.45, 2.75) is 0 Å². The highest BCUT2D eigenvalue weighted by Crippen LogP contribution is 2.29. The average Bonchev–Trinajstić information content (AvgIpc) is 2.98. The summed E-state index contributed by atoms with van der Waals surface area (Å²) in [4.78, 5) is 4.35. The highest BCUT2D eigenvalue weighted by atomic mass is 32.2. The van der Waals surface area contributed by atoms with Crippen LogP contribution in [0.1, 0.15) is 0 Å². The zero-order valence-electron chi connectivity index (χ0n) is 13.0. The standard InChI is InChI=1S/C16H13F2N3O2S2/c1-25(22,23)21-12-5-2-10(3-6-12)15-9-24-16(20-15)19-14-7-4-11(17)8-13(14)18/h2-9,21H,1H3,(H,19,20). The lowest BCUT2D eigenvalue weighted by Crippen LogP contribution is -2.09. The molecule has 2 aromatic carbocycles. The molecular weight excluding hydrogens is 368 g/mol. The van der Waals surface area contributed by atoms with Gasteiger partial charge in [0.25, 0.3) is 0 Å². The van der Waals surface area contributed by atoms with Gasteiger partial charge in [-0.3, -0.25) is 4.72 Å². The van der Waals surface area contributed by atoms with Gasteiger partial charge < -0.3 is 5.32 Å². The van der Waals surface area contributed by atoms with Crippen LogP contribution in [0.3, 0.4) is 0 Å². The van der Waals surface area contributed by atoms with Crippen molar-refractivity contribution in [2.24, 2.45) is 0 Å². The van der Waals surface area contributed by atoms with Gasteiger partial charge in [0.2, 0.25) is 10.0 Å². The third kappa shape index (κ3) is 4.52. The fourth-order valence-corrected chi connectivity index (χ4v) is 3.39. The van der Waals surface area contributed by atoms with Gasteiger partial charge >= 0.3 is 0 Å². The summed E-state index contributed by atoms with van der Waals surface area (Å²) in [6.45, 7) is 0. The Morgan fingerprint density at radius 1 is 1.08 bits per heavy atom. The van der Waals surface area contributed by atoms with E-state index in [4.69, 9.17) is 0 Å². The van der Waals surface area contributed by atoms with Crippen molar-refractivity contribution < 1.29 is 17.2 Å². The van der Waals surface area contributed by atoms with Crippen molar-refractivity contribution in [3.63, 3.8) is 0 Å². The molecule has 0 atom stereocenters. The first kappa shape index (κ1) is 17.3. The molecule has 0 unspecified atom stereocenters. The molecule has 1 aromatic heterocycles. The Morgan fingerprint density at radius 2 is 1.80 bits per heavy atom. The van der Waals surface area contributed by atoms with E-state index in [9.17, 15) is 17.2 Å². The Morgan fingerprint density at radius 3 is 2.44 bits per heavy atom. The topological polar surface area (TPSA) is 71.1 Å². The summed E-state index contributed by atoms with van der Waals surface area (Å²) in [5.74, 6) is -1.35. The molecule has 25 heavy (non-hydrogen) atoms. The molecule has 0 radical (unpaired) electrons. The van der Waals surface area contributed by atoms with E-state index in [0.29, 0.717) is 16.5 Å². The monoisotopic (exact) mass is 381 g/mol. The lowest BCUT2D eigenvalue weighted by atomic mass is 10.1. The van der Waals surface area contributed by atoms with E-state index in [1.165, 1.54) is 17.4 Å². The van der Waals surface area contributed by atoms with Crippen molar-refractivity contribution >= 4 is 37.9 Å². The third-order valence-electron chi connectivity index (χ3n) is 3.16.